The predicted molar refractivity (Wildman–Crippen MR) is 92.4 cm³/mol. The summed E-state index contributed by atoms with van der Waals surface area (Å²) in [7, 11) is 0. The summed E-state index contributed by atoms with van der Waals surface area (Å²) in [4.78, 5) is 14.6. The van der Waals surface area contributed by atoms with Crippen molar-refractivity contribution in [2.45, 2.75) is 32.0 Å². The van der Waals surface area contributed by atoms with Crippen LogP contribution in [0.2, 0.25) is 0 Å². The van der Waals surface area contributed by atoms with Crippen LogP contribution in [0.4, 0.5) is 0 Å². The van der Waals surface area contributed by atoms with E-state index in [0.717, 1.165) is 30.1 Å². The maximum absolute atomic E-state index is 12.8. The van der Waals surface area contributed by atoms with Crippen LogP contribution in [0.15, 0.2) is 30.3 Å². The standard InChI is InChI=1S/C18H23N5O2/c19-16(13-6-10-25-11-7-13)18(24)22-8-9-23-15(12-22)20-21-17(23)14-4-2-1-3-5-14/h1-5,13,16H,6-12,19H2. The second kappa shape index (κ2) is 6.93. The van der Waals surface area contributed by atoms with E-state index in [1.54, 1.807) is 0 Å². The number of rotatable bonds is 3. The molecule has 1 fully saturated rings. The molecule has 1 aromatic heterocycles. The van der Waals surface area contributed by atoms with Gasteiger partial charge in [0.25, 0.3) is 0 Å². The zero-order valence-electron chi connectivity index (χ0n) is 14.2. The first kappa shape index (κ1) is 16.2. The van der Waals surface area contributed by atoms with Gasteiger partial charge < -0.3 is 19.9 Å². The number of benzene rings is 1. The molecule has 2 aliphatic rings. The van der Waals surface area contributed by atoms with Crippen LogP contribution in [-0.4, -0.2) is 51.4 Å². The third-order valence-electron chi connectivity index (χ3n) is 5.16. The van der Waals surface area contributed by atoms with Crippen LogP contribution in [0, 0.1) is 5.92 Å². The molecule has 1 aromatic carbocycles. The summed E-state index contributed by atoms with van der Waals surface area (Å²) in [6.07, 6.45) is 1.71. The van der Waals surface area contributed by atoms with Gasteiger partial charge in [0, 0.05) is 31.9 Å². The number of hydrogen-bond acceptors (Lipinski definition) is 5. The Kier molecular flexibility index (Phi) is 4.50. The Labute approximate surface area is 146 Å². The lowest BCUT2D eigenvalue weighted by Crippen LogP contribution is -2.51. The molecular formula is C18H23N5O2. The Bertz CT molecular complexity index is 739. The smallest absolute Gasteiger partial charge is 0.240 e. The van der Waals surface area contributed by atoms with E-state index in [2.05, 4.69) is 14.8 Å². The molecule has 0 radical (unpaired) electrons. The average molecular weight is 341 g/mol. The Hall–Kier alpha value is -2.25. The highest BCUT2D eigenvalue weighted by molar-refractivity contribution is 5.82. The van der Waals surface area contributed by atoms with Crippen LogP contribution in [0.1, 0.15) is 18.7 Å². The number of ether oxygens (including phenoxy) is 1. The molecule has 1 atom stereocenters. The first-order valence-electron chi connectivity index (χ1n) is 8.83. The van der Waals surface area contributed by atoms with Gasteiger partial charge in [-0.1, -0.05) is 30.3 Å². The molecule has 2 N–H and O–H groups in total. The van der Waals surface area contributed by atoms with Crippen molar-refractivity contribution in [1.82, 2.24) is 19.7 Å². The number of nitrogens with zero attached hydrogens (tertiary/aromatic N) is 4. The maximum atomic E-state index is 12.8. The van der Waals surface area contributed by atoms with Crippen LogP contribution < -0.4 is 5.73 Å². The van der Waals surface area contributed by atoms with Gasteiger partial charge in [0.1, 0.15) is 0 Å². The minimum Gasteiger partial charge on any atom is -0.381 e. The first-order chi connectivity index (χ1) is 12.2. The van der Waals surface area contributed by atoms with E-state index in [0.29, 0.717) is 32.8 Å². The highest BCUT2D eigenvalue weighted by Crippen LogP contribution is 2.23. The Morgan fingerprint density at radius 3 is 2.68 bits per heavy atom. The minimum absolute atomic E-state index is 0.0161. The summed E-state index contributed by atoms with van der Waals surface area (Å²) >= 11 is 0. The number of aromatic nitrogens is 3. The van der Waals surface area contributed by atoms with Gasteiger partial charge in [-0.25, -0.2) is 0 Å². The van der Waals surface area contributed by atoms with Gasteiger partial charge in [-0.05, 0) is 18.8 Å². The monoisotopic (exact) mass is 341 g/mol. The van der Waals surface area contributed by atoms with E-state index in [4.69, 9.17) is 10.5 Å². The molecule has 132 valence electrons. The summed E-state index contributed by atoms with van der Waals surface area (Å²) in [5.41, 5.74) is 7.29. The van der Waals surface area contributed by atoms with Crippen LogP contribution >= 0.6 is 0 Å². The van der Waals surface area contributed by atoms with E-state index in [1.807, 2.05) is 35.2 Å². The number of hydrogen-bond donors (Lipinski definition) is 1. The van der Waals surface area contributed by atoms with Crippen molar-refractivity contribution in [3.8, 4) is 11.4 Å². The fraction of sp³-hybridized carbons (Fsp3) is 0.500. The number of amides is 1. The van der Waals surface area contributed by atoms with Gasteiger partial charge in [0.15, 0.2) is 11.6 Å². The topological polar surface area (TPSA) is 86.3 Å². The number of carbonyl (C=O) groups is 1. The molecule has 25 heavy (non-hydrogen) atoms. The third-order valence-corrected chi connectivity index (χ3v) is 5.16. The molecule has 0 aliphatic carbocycles. The lowest BCUT2D eigenvalue weighted by Gasteiger charge is -2.33. The van der Waals surface area contributed by atoms with Crippen LogP contribution in [0.5, 0.6) is 0 Å². The Balaban J connectivity index is 1.48. The fourth-order valence-corrected chi connectivity index (χ4v) is 3.63. The maximum Gasteiger partial charge on any atom is 0.240 e. The van der Waals surface area contributed by atoms with Gasteiger partial charge in [0.2, 0.25) is 5.91 Å². The Morgan fingerprint density at radius 1 is 1.16 bits per heavy atom. The molecule has 0 bridgehead atoms. The quantitative estimate of drug-likeness (QED) is 0.901. The van der Waals surface area contributed by atoms with Gasteiger partial charge in [-0.3, -0.25) is 4.79 Å². The van der Waals surface area contributed by atoms with Crippen molar-refractivity contribution in [3.63, 3.8) is 0 Å². The molecule has 0 spiro atoms. The normalized spacial score (nSPS) is 19.5. The number of fused-ring (bicyclic) bond motifs is 1. The molecule has 2 aliphatic heterocycles. The molecule has 3 heterocycles. The van der Waals surface area contributed by atoms with Crippen molar-refractivity contribution < 1.29 is 9.53 Å². The van der Waals surface area contributed by atoms with E-state index < -0.39 is 6.04 Å². The van der Waals surface area contributed by atoms with E-state index in [9.17, 15) is 4.79 Å². The van der Waals surface area contributed by atoms with Crippen LogP contribution in [0.3, 0.4) is 0 Å². The lowest BCUT2D eigenvalue weighted by atomic mass is 9.91. The molecule has 1 amide bonds. The highest BCUT2D eigenvalue weighted by atomic mass is 16.5. The van der Waals surface area contributed by atoms with Gasteiger partial charge in [-0.15, -0.1) is 10.2 Å². The number of nitrogens with two attached hydrogens (primary N) is 1. The van der Waals surface area contributed by atoms with E-state index in [-0.39, 0.29) is 11.8 Å². The summed E-state index contributed by atoms with van der Waals surface area (Å²) in [5, 5.41) is 8.62. The molecule has 1 unspecified atom stereocenters. The summed E-state index contributed by atoms with van der Waals surface area (Å²) in [6.45, 7) is 3.19. The molecule has 7 nitrogen and oxygen atoms in total. The molecule has 2 aromatic rings. The van der Waals surface area contributed by atoms with Gasteiger partial charge in [-0.2, -0.15) is 0 Å². The largest absolute Gasteiger partial charge is 0.381 e. The highest BCUT2D eigenvalue weighted by Gasteiger charge is 2.32. The van der Waals surface area contributed by atoms with Crippen molar-refractivity contribution in [3.05, 3.63) is 36.2 Å². The zero-order valence-corrected chi connectivity index (χ0v) is 14.2. The van der Waals surface area contributed by atoms with Crippen LogP contribution in [0.25, 0.3) is 11.4 Å². The van der Waals surface area contributed by atoms with Crippen molar-refractivity contribution >= 4 is 5.91 Å². The minimum atomic E-state index is -0.452. The summed E-state index contributed by atoms with van der Waals surface area (Å²) in [6, 6.07) is 9.55. The second-order valence-electron chi connectivity index (χ2n) is 6.69. The second-order valence-corrected chi connectivity index (χ2v) is 6.69. The van der Waals surface area contributed by atoms with Gasteiger partial charge in [0.05, 0.1) is 12.6 Å². The lowest BCUT2D eigenvalue weighted by molar-refractivity contribution is -0.136. The average Bonchev–Trinajstić information content (AvgIpc) is 3.11. The van der Waals surface area contributed by atoms with Crippen molar-refractivity contribution in [1.29, 1.82) is 0 Å². The van der Waals surface area contributed by atoms with Crippen molar-refractivity contribution in [2.75, 3.05) is 19.8 Å². The van der Waals surface area contributed by atoms with Crippen LogP contribution in [-0.2, 0) is 22.6 Å². The molecule has 1 saturated heterocycles. The first-order valence-corrected chi connectivity index (χ1v) is 8.83. The number of carbonyl (C=O) groups excluding carboxylic acids is 1. The predicted octanol–water partition coefficient (Wildman–Crippen LogP) is 1.04. The molecule has 0 saturated carbocycles. The SMILES string of the molecule is NC(C(=O)N1CCn2c(nnc2-c2ccccc2)C1)C1CCOCC1. The molecular weight excluding hydrogens is 318 g/mol. The zero-order chi connectivity index (χ0) is 17.2. The van der Waals surface area contributed by atoms with Crippen molar-refractivity contribution in [2.24, 2.45) is 11.7 Å². The summed E-state index contributed by atoms with van der Waals surface area (Å²) in [5.74, 6) is 1.90. The fourth-order valence-electron chi connectivity index (χ4n) is 3.63. The van der Waals surface area contributed by atoms with E-state index in [1.165, 1.54) is 0 Å². The summed E-state index contributed by atoms with van der Waals surface area (Å²) < 4.78 is 7.46. The Morgan fingerprint density at radius 2 is 1.92 bits per heavy atom. The molecule has 4 rings (SSSR count). The van der Waals surface area contributed by atoms with E-state index >= 15 is 0 Å². The van der Waals surface area contributed by atoms with Gasteiger partial charge >= 0.3 is 0 Å². The third kappa shape index (κ3) is 3.17. The molecule has 7 heteroatoms.